The first-order valence-electron chi connectivity index (χ1n) is 11.6. The van der Waals surface area contributed by atoms with Crippen LogP contribution in [0.4, 0.5) is 4.79 Å². The van der Waals surface area contributed by atoms with Crippen molar-refractivity contribution in [1.82, 2.24) is 5.32 Å². The van der Waals surface area contributed by atoms with Crippen LogP contribution >= 0.6 is 0 Å². The van der Waals surface area contributed by atoms with E-state index in [4.69, 9.17) is 9.84 Å². The number of rotatable bonds is 7. The van der Waals surface area contributed by atoms with Crippen molar-refractivity contribution in [3.63, 3.8) is 0 Å². The van der Waals surface area contributed by atoms with Gasteiger partial charge in [-0.25, -0.2) is 4.79 Å². The summed E-state index contributed by atoms with van der Waals surface area (Å²) in [5.41, 5.74) is -3.57. The second kappa shape index (κ2) is 9.41. The molecule has 0 spiro atoms. The Morgan fingerprint density at radius 1 is 1.22 bits per heavy atom. The average Bonchev–Trinajstić information content (AvgIpc) is 2.68. The Morgan fingerprint density at radius 3 is 2.41 bits per heavy atom. The molecule has 0 aromatic heterocycles. The number of aliphatic hydroxyl groups is 4. The van der Waals surface area contributed by atoms with Gasteiger partial charge in [0.1, 0.15) is 5.78 Å². The maximum absolute atomic E-state index is 12.5. The molecule has 0 bridgehead atoms. The fourth-order valence-electron chi connectivity index (χ4n) is 5.97. The Hall–Kier alpha value is -1.48. The van der Waals surface area contributed by atoms with Crippen LogP contribution in [0.1, 0.15) is 67.2 Å². The van der Waals surface area contributed by atoms with Crippen LogP contribution in [-0.4, -0.2) is 62.9 Å². The molecule has 0 radical (unpaired) electrons. The summed E-state index contributed by atoms with van der Waals surface area (Å²) in [6, 6.07) is 0. The maximum atomic E-state index is 12.5. The molecule has 8 heteroatoms. The fraction of sp³-hybridized carbons (Fsp3) is 0.833. The minimum Gasteiger partial charge on any atom is -0.416 e. The molecule has 7 atom stereocenters. The van der Waals surface area contributed by atoms with Crippen LogP contribution < -0.4 is 5.32 Å². The van der Waals surface area contributed by atoms with Crippen molar-refractivity contribution in [2.75, 3.05) is 13.2 Å². The van der Waals surface area contributed by atoms with Crippen LogP contribution in [0, 0.1) is 28.6 Å². The van der Waals surface area contributed by atoms with Gasteiger partial charge >= 0.3 is 6.09 Å². The molecule has 2 saturated carbocycles. The lowest BCUT2D eigenvalue weighted by Crippen LogP contribution is -2.75. The second-order valence-electron chi connectivity index (χ2n) is 10.6. The molecule has 32 heavy (non-hydrogen) atoms. The standard InChI is InChI=1S/C24H41NO7/c1-15(17(3)27)8-9-23(30)16(2)14-18(28)19-21(4,5)10-11-24(31,22(19,23)6)32-20(29)25-12-7-13-26/h8-9,15-16,18-19,26,28,30-31H,7,10-14H2,1-6H3,(H,25,29)/t15-,16-,18-,19-,22-,23-,24-/m0/s1. The van der Waals surface area contributed by atoms with Crippen molar-refractivity contribution in [2.45, 2.75) is 84.7 Å². The number of carbonyl (C=O) groups excluding carboxylic acids is 2. The quantitative estimate of drug-likeness (QED) is 0.225. The third kappa shape index (κ3) is 4.47. The smallest absolute Gasteiger partial charge is 0.409 e. The first-order chi connectivity index (χ1) is 14.7. The van der Waals surface area contributed by atoms with E-state index in [0.717, 1.165) is 0 Å². The van der Waals surface area contributed by atoms with Crippen LogP contribution in [0.5, 0.6) is 0 Å². The molecule has 0 saturated heterocycles. The summed E-state index contributed by atoms with van der Waals surface area (Å²) < 4.78 is 5.59. The largest absolute Gasteiger partial charge is 0.416 e. The third-order valence-electron chi connectivity index (χ3n) is 8.09. The highest BCUT2D eigenvalue weighted by Crippen LogP contribution is 2.66. The molecule has 184 valence electrons. The van der Waals surface area contributed by atoms with Gasteiger partial charge in [0.05, 0.1) is 17.1 Å². The number of hydrogen-bond donors (Lipinski definition) is 5. The number of aliphatic hydroxyl groups excluding tert-OH is 2. The minimum atomic E-state index is -2.06. The molecule has 2 fully saturated rings. The number of allylic oxidation sites excluding steroid dienone is 1. The molecule has 0 aromatic carbocycles. The van der Waals surface area contributed by atoms with Crippen LogP contribution in [0.2, 0.25) is 0 Å². The van der Waals surface area contributed by atoms with Crippen molar-refractivity contribution in [3.8, 4) is 0 Å². The Balaban J connectivity index is 2.58. The van der Waals surface area contributed by atoms with E-state index in [1.165, 1.54) is 6.92 Å². The molecular weight excluding hydrogens is 414 g/mol. The van der Waals surface area contributed by atoms with E-state index in [-0.39, 0.29) is 25.4 Å². The topological polar surface area (TPSA) is 136 Å². The molecule has 2 aliphatic rings. The lowest BCUT2D eigenvalue weighted by molar-refractivity contribution is -0.360. The van der Waals surface area contributed by atoms with E-state index in [1.54, 1.807) is 32.9 Å². The number of fused-ring (bicyclic) bond motifs is 1. The molecule has 0 aliphatic heterocycles. The lowest BCUT2D eigenvalue weighted by Gasteiger charge is -2.67. The highest BCUT2D eigenvalue weighted by Gasteiger charge is 2.74. The van der Waals surface area contributed by atoms with Gasteiger partial charge in [-0.2, -0.15) is 0 Å². The maximum Gasteiger partial charge on any atom is 0.409 e. The normalized spacial score (nSPS) is 39.9. The number of Topliss-reactive ketones (excluding diaryl/α,β-unsaturated/α-hetero) is 1. The zero-order valence-electron chi connectivity index (χ0n) is 20.2. The predicted molar refractivity (Wildman–Crippen MR) is 119 cm³/mol. The number of hydrogen-bond acceptors (Lipinski definition) is 7. The summed E-state index contributed by atoms with van der Waals surface area (Å²) in [7, 11) is 0. The minimum absolute atomic E-state index is 0.0613. The van der Waals surface area contributed by atoms with Gasteiger partial charge in [0.2, 0.25) is 5.79 Å². The predicted octanol–water partition coefficient (Wildman–Crippen LogP) is 2.14. The van der Waals surface area contributed by atoms with Gasteiger partial charge in [-0.15, -0.1) is 0 Å². The zero-order chi connectivity index (χ0) is 24.5. The first kappa shape index (κ1) is 26.8. The Morgan fingerprint density at radius 2 is 1.84 bits per heavy atom. The summed E-state index contributed by atoms with van der Waals surface area (Å²) in [6.07, 6.45) is 2.71. The van der Waals surface area contributed by atoms with E-state index in [0.29, 0.717) is 19.3 Å². The van der Waals surface area contributed by atoms with Gasteiger partial charge in [-0.3, -0.25) is 4.79 Å². The highest BCUT2D eigenvalue weighted by molar-refractivity contribution is 5.79. The van der Waals surface area contributed by atoms with Crippen molar-refractivity contribution in [3.05, 3.63) is 12.2 Å². The number of alkyl carbamates (subject to hydrolysis) is 1. The summed E-state index contributed by atoms with van der Waals surface area (Å²) >= 11 is 0. The molecule has 1 amide bonds. The molecule has 5 N–H and O–H groups in total. The van der Waals surface area contributed by atoms with Gasteiger partial charge < -0.3 is 30.5 Å². The van der Waals surface area contributed by atoms with E-state index in [9.17, 15) is 24.9 Å². The summed E-state index contributed by atoms with van der Waals surface area (Å²) in [4.78, 5) is 24.3. The van der Waals surface area contributed by atoms with E-state index >= 15 is 0 Å². The van der Waals surface area contributed by atoms with E-state index in [1.807, 2.05) is 13.8 Å². The third-order valence-corrected chi connectivity index (χ3v) is 8.09. The number of ether oxygens (including phenoxy) is 1. The molecule has 2 rings (SSSR count). The number of amides is 1. The molecule has 0 heterocycles. The van der Waals surface area contributed by atoms with Crippen LogP contribution in [0.3, 0.4) is 0 Å². The summed E-state index contributed by atoms with van der Waals surface area (Å²) in [5, 5.41) is 46.5. The Kier molecular flexibility index (Phi) is 7.87. The van der Waals surface area contributed by atoms with Crippen molar-refractivity contribution < 1.29 is 34.8 Å². The molecule has 0 aromatic rings. The summed E-state index contributed by atoms with van der Waals surface area (Å²) in [6.45, 7) is 10.7. The van der Waals surface area contributed by atoms with Crippen molar-refractivity contribution in [1.29, 1.82) is 0 Å². The number of ketones is 1. The first-order valence-corrected chi connectivity index (χ1v) is 11.6. The zero-order valence-corrected chi connectivity index (χ0v) is 20.2. The Bertz CT molecular complexity index is 738. The van der Waals surface area contributed by atoms with Crippen molar-refractivity contribution in [2.24, 2.45) is 28.6 Å². The van der Waals surface area contributed by atoms with Gasteiger partial charge in [-0.1, -0.05) is 39.8 Å². The molecular formula is C24H41NO7. The number of nitrogens with one attached hydrogen (secondary N) is 1. The lowest BCUT2D eigenvalue weighted by atomic mass is 9.42. The SMILES string of the molecule is CC(=O)[C@@H](C)C=C[C@]1(O)[C@@H](C)C[C@H](O)[C@H]2C(C)(C)CC[C@](O)(OC(=O)NCCCO)[C@@]21C. The Labute approximate surface area is 191 Å². The molecule has 2 aliphatic carbocycles. The van der Waals surface area contributed by atoms with Crippen molar-refractivity contribution >= 4 is 11.9 Å². The number of carbonyl (C=O) groups is 2. The van der Waals surface area contributed by atoms with E-state index in [2.05, 4.69) is 5.32 Å². The van der Waals surface area contributed by atoms with Crippen LogP contribution in [0.25, 0.3) is 0 Å². The highest BCUT2D eigenvalue weighted by atomic mass is 16.7. The van der Waals surface area contributed by atoms with Crippen LogP contribution in [-0.2, 0) is 9.53 Å². The van der Waals surface area contributed by atoms with Gasteiger partial charge in [0.15, 0.2) is 0 Å². The van der Waals surface area contributed by atoms with Gasteiger partial charge in [0, 0.05) is 31.4 Å². The monoisotopic (exact) mass is 455 g/mol. The molecule has 8 nitrogen and oxygen atoms in total. The molecule has 0 unspecified atom stereocenters. The summed E-state index contributed by atoms with van der Waals surface area (Å²) in [5.74, 6) is -3.63. The fourth-order valence-corrected chi connectivity index (χ4v) is 5.97. The second-order valence-corrected chi connectivity index (χ2v) is 10.6. The average molecular weight is 456 g/mol. The van der Waals surface area contributed by atoms with Gasteiger partial charge in [0.25, 0.3) is 0 Å². The van der Waals surface area contributed by atoms with E-state index < -0.39 is 52.2 Å². The van der Waals surface area contributed by atoms with Gasteiger partial charge in [-0.05, 0) is 44.4 Å². The van der Waals surface area contributed by atoms with Crippen LogP contribution in [0.15, 0.2) is 12.2 Å².